The van der Waals surface area contributed by atoms with Crippen molar-refractivity contribution in [3.8, 4) is 5.75 Å². The summed E-state index contributed by atoms with van der Waals surface area (Å²) in [5, 5.41) is 12.7. The number of nitrogens with zero attached hydrogens (tertiary/aromatic N) is 2. The Kier molecular flexibility index (Phi) is 6.94. The summed E-state index contributed by atoms with van der Waals surface area (Å²) in [7, 11) is 1.51. The van der Waals surface area contributed by atoms with Gasteiger partial charge in [0.05, 0.1) is 43.5 Å². The number of hydrogen-bond donors (Lipinski definition) is 2. The SMILES string of the molecule is COCCOCc1cc(Cl)cc(C(=O)Nc2cnc(C(F)(F)F)nc2)c1O. The van der Waals surface area contributed by atoms with Gasteiger partial charge in [-0.05, 0) is 12.1 Å². The molecule has 0 saturated carbocycles. The van der Waals surface area contributed by atoms with E-state index in [1.54, 1.807) is 0 Å². The number of phenols is 1. The van der Waals surface area contributed by atoms with Crippen LogP contribution >= 0.6 is 11.6 Å². The number of halogens is 4. The highest BCUT2D eigenvalue weighted by Crippen LogP contribution is 2.29. The van der Waals surface area contributed by atoms with E-state index < -0.39 is 17.9 Å². The van der Waals surface area contributed by atoms with Gasteiger partial charge < -0.3 is 19.9 Å². The summed E-state index contributed by atoms with van der Waals surface area (Å²) in [6.45, 7) is 0.606. The summed E-state index contributed by atoms with van der Waals surface area (Å²) in [4.78, 5) is 18.6. The third-order valence-corrected chi connectivity index (χ3v) is 3.47. The predicted octanol–water partition coefficient (Wildman–Crippen LogP) is 3.27. The molecule has 0 aliphatic carbocycles. The summed E-state index contributed by atoms with van der Waals surface area (Å²) < 4.78 is 47.5. The zero-order valence-corrected chi connectivity index (χ0v) is 14.8. The van der Waals surface area contributed by atoms with Crippen molar-refractivity contribution in [3.05, 3.63) is 46.5 Å². The Morgan fingerprint density at radius 2 is 1.93 bits per heavy atom. The molecule has 146 valence electrons. The number of nitrogens with one attached hydrogen (secondary N) is 1. The Morgan fingerprint density at radius 1 is 1.26 bits per heavy atom. The zero-order chi connectivity index (χ0) is 20.0. The standard InChI is InChI=1S/C16H15ClF3N3O4/c1-26-2-3-27-8-9-4-10(17)5-12(13(9)24)14(25)23-11-6-21-15(22-7-11)16(18,19)20/h4-7,24H,2-3,8H2,1H3,(H,23,25). The molecule has 0 unspecified atom stereocenters. The monoisotopic (exact) mass is 405 g/mol. The van der Waals surface area contributed by atoms with E-state index in [0.717, 1.165) is 12.4 Å². The van der Waals surface area contributed by atoms with Gasteiger partial charge in [0, 0.05) is 17.7 Å². The molecule has 0 saturated heterocycles. The largest absolute Gasteiger partial charge is 0.507 e. The van der Waals surface area contributed by atoms with Gasteiger partial charge >= 0.3 is 6.18 Å². The second kappa shape index (κ2) is 8.98. The minimum Gasteiger partial charge on any atom is -0.507 e. The molecular weight excluding hydrogens is 391 g/mol. The maximum Gasteiger partial charge on any atom is 0.451 e. The fourth-order valence-electron chi connectivity index (χ4n) is 2.00. The first-order valence-electron chi connectivity index (χ1n) is 7.51. The molecular formula is C16H15ClF3N3O4. The maximum absolute atomic E-state index is 12.5. The van der Waals surface area contributed by atoms with E-state index in [-0.39, 0.29) is 40.8 Å². The second-order valence-electron chi connectivity index (χ2n) is 5.25. The molecule has 2 aromatic rings. The summed E-state index contributed by atoms with van der Waals surface area (Å²) >= 11 is 5.96. The van der Waals surface area contributed by atoms with Gasteiger partial charge in [0.15, 0.2) is 0 Å². The number of carbonyl (C=O) groups excluding carboxylic acids is 1. The first-order valence-corrected chi connectivity index (χ1v) is 7.89. The summed E-state index contributed by atoms with van der Waals surface area (Å²) in [5.74, 6) is -2.49. The Morgan fingerprint density at radius 3 is 2.52 bits per heavy atom. The van der Waals surface area contributed by atoms with Crippen molar-refractivity contribution in [3.63, 3.8) is 0 Å². The second-order valence-corrected chi connectivity index (χ2v) is 5.69. The number of aromatic hydroxyl groups is 1. The molecule has 0 aliphatic heterocycles. The van der Waals surface area contributed by atoms with Crippen LogP contribution < -0.4 is 5.32 Å². The van der Waals surface area contributed by atoms with Crippen molar-refractivity contribution in [2.24, 2.45) is 0 Å². The molecule has 7 nitrogen and oxygen atoms in total. The number of rotatable bonds is 7. The Hall–Kier alpha value is -2.43. The summed E-state index contributed by atoms with van der Waals surface area (Å²) in [6, 6.07) is 2.65. The molecule has 27 heavy (non-hydrogen) atoms. The van der Waals surface area contributed by atoms with E-state index in [0.29, 0.717) is 6.61 Å². The molecule has 11 heteroatoms. The van der Waals surface area contributed by atoms with E-state index in [2.05, 4.69) is 15.3 Å². The van der Waals surface area contributed by atoms with Crippen LogP contribution in [-0.2, 0) is 22.3 Å². The fourth-order valence-corrected chi connectivity index (χ4v) is 2.24. The number of ether oxygens (including phenoxy) is 2. The van der Waals surface area contributed by atoms with Crippen molar-refractivity contribution in [2.45, 2.75) is 12.8 Å². The Labute approximate surface area is 157 Å². The molecule has 0 spiro atoms. The molecule has 0 atom stereocenters. The van der Waals surface area contributed by atoms with Crippen LogP contribution in [0.3, 0.4) is 0 Å². The molecule has 1 amide bonds. The van der Waals surface area contributed by atoms with E-state index in [1.807, 2.05) is 0 Å². The lowest BCUT2D eigenvalue weighted by molar-refractivity contribution is -0.144. The number of phenolic OH excluding ortho intramolecular Hbond substituents is 1. The molecule has 0 radical (unpaired) electrons. The van der Waals surface area contributed by atoms with Crippen LogP contribution in [0.4, 0.5) is 18.9 Å². The molecule has 2 N–H and O–H groups in total. The van der Waals surface area contributed by atoms with E-state index in [4.69, 9.17) is 21.1 Å². The van der Waals surface area contributed by atoms with Crippen LogP contribution in [0.5, 0.6) is 5.75 Å². The highest BCUT2D eigenvalue weighted by atomic mass is 35.5. The summed E-state index contributed by atoms with van der Waals surface area (Å²) in [5.41, 5.74) is 0.0189. The smallest absolute Gasteiger partial charge is 0.451 e. The molecule has 1 heterocycles. The van der Waals surface area contributed by atoms with Crippen LogP contribution in [0.2, 0.25) is 5.02 Å². The van der Waals surface area contributed by atoms with Gasteiger partial charge in [-0.3, -0.25) is 4.79 Å². The molecule has 1 aromatic carbocycles. The number of benzene rings is 1. The van der Waals surface area contributed by atoms with Gasteiger partial charge in [0.2, 0.25) is 5.82 Å². The minimum absolute atomic E-state index is 0.0145. The van der Waals surface area contributed by atoms with Crippen molar-refractivity contribution < 1.29 is 32.5 Å². The van der Waals surface area contributed by atoms with Crippen LogP contribution in [0.1, 0.15) is 21.7 Å². The highest BCUT2D eigenvalue weighted by Gasteiger charge is 2.34. The first-order chi connectivity index (χ1) is 12.7. The molecule has 0 fully saturated rings. The van der Waals surface area contributed by atoms with Crippen molar-refractivity contribution >= 4 is 23.2 Å². The average Bonchev–Trinajstić information content (AvgIpc) is 2.60. The van der Waals surface area contributed by atoms with Crippen molar-refractivity contribution in [1.29, 1.82) is 0 Å². The van der Waals surface area contributed by atoms with Crippen LogP contribution in [-0.4, -0.2) is 41.3 Å². The van der Waals surface area contributed by atoms with E-state index >= 15 is 0 Å². The predicted molar refractivity (Wildman–Crippen MR) is 89.6 cm³/mol. The fraction of sp³-hybridized carbons (Fsp3) is 0.312. The minimum atomic E-state index is -4.69. The van der Waals surface area contributed by atoms with Crippen LogP contribution in [0.15, 0.2) is 24.5 Å². The van der Waals surface area contributed by atoms with Gasteiger partial charge in [-0.15, -0.1) is 0 Å². The Balaban J connectivity index is 2.14. The number of hydrogen-bond acceptors (Lipinski definition) is 6. The third kappa shape index (κ3) is 5.78. The third-order valence-electron chi connectivity index (χ3n) is 3.25. The van der Waals surface area contributed by atoms with E-state index in [1.165, 1.54) is 19.2 Å². The average molecular weight is 406 g/mol. The maximum atomic E-state index is 12.5. The quantitative estimate of drug-likeness (QED) is 0.687. The number of anilines is 1. The van der Waals surface area contributed by atoms with E-state index in [9.17, 15) is 23.1 Å². The number of amides is 1. The first kappa shape index (κ1) is 20.9. The van der Waals surface area contributed by atoms with Gasteiger partial charge in [-0.25, -0.2) is 9.97 Å². The van der Waals surface area contributed by atoms with Crippen LogP contribution in [0, 0.1) is 0 Å². The Bertz CT molecular complexity index is 801. The lowest BCUT2D eigenvalue weighted by atomic mass is 10.1. The van der Waals surface area contributed by atoms with Gasteiger partial charge in [0.25, 0.3) is 5.91 Å². The molecule has 1 aromatic heterocycles. The number of carbonyl (C=O) groups is 1. The van der Waals surface area contributed by atoms with Crippen molar-refractivity contribution in [2.75, 3.05) is 25.6 Å². The van der Waals surface area contributed by atoms with Gasteiger partial charge in [0.1, 0.15) is 5.75 Å². The number of aromatic nitrogens is 2. The van der Waals surface area contributed by atoms with Crippen molar-refractivity contribution in [1.82, 2.24) is 9.97 Å². The number of alkyl halides is 3. The topological polar surface area (TPSA) is 93.6 Å². The summed E-state index contributed by atoms with van der Waals surface area (Å²) in [6.07, 6.45) is -3.07. The molecule has 2 rings (SSSR count). The lowest BCUT2D eigenvalue weighted by Gasteiger charge is -2.12. The zero-order valence-electron chi connectivity index (χ0n) is 14.0. The highest BCUT2D eigenvalue weighted by molar-refractivity contribution is 6.31. The normalized spacial score (nSPS) is 11.4. The lowest BCUT2D eigenvalue weighted by Crippen LogP contribution is -2.15. The van der Waals surface area contributed by atoms with Gasteiger partial charge in [-0.2, -0.15) is 13.2 Å². The van der Waals surface area contributed by atoms with Gasteiger partial charge in [-0.1, -0.05) is 11.6 Å². The number of methoxy groups -OCH3 is 1. The van der Waals surface area contributed by atoms with Crippen LogP contribution in [0.25, 0.3) is 0 Å². The molecule has 0 aliphatic rings. The molecule has 0 bridgehead atoms.